The molecule has 0 unspecified atom stereocenters. The minimum absolute atomic E-state index is 0.0970. The largest absolute Gasteiger partial charge is 0.303 e. The van der Waals surface area contributed by atoms with Crippen LogP contribution in [0.25, 0.3) is 0 Å². The summed E-state index contributed by atoms with van der Waals surface area (Å²) in [4.78, 5) is 22.2. The molecule has 0 saturated carbocycles. The van der Waals surface area contributed by atoms with Crippen LogP contribution in [0.2, 0.25) is 0 Å². The number of benzene rings is 1. The van der Waals surface area contributed by atoms with Crippen LogP contribution in [0, 0.1) is 6.92 Å². The van der Waals surface area contributed by atoms with Crippen molar-refractivity contribution < 1.29 is 9.59 Å². The molecule has 1 saturated heterocycles. The molecule has 0 aromatic heterocycles. The summed E-state index contributed by atoms with van der Waals surface area (Å²) < 4.78 is 0. The van der Waals surface area contributed by atoms with Gasteiger partial charge in [-0.15, -0.1) is 0 Å². The van der Waals surface area contributed by atoms with Crippen LogP contribution in [0.3, 0.4) is 0 Å². The molecule has 0 atom stereocenters. The maximum Gasteiger partial charge on any atom is 0.242 e. The maximum atomic E-state index is 11.8. The molecule has 2 rings (SSSR count). The van der Waals surface area contributed by atoms with Gasteiger partial charge in [-0.05, 0) is 19.1 Å². The number of carbonyl (C=O) groups is 2. The lowest BCUT2D eigenvalue weighted by Crippen LogP contribution is -2.39. The molecule has 0 N–H and O–H groups in total. The Hall–Kier alpha value is -1.68. The number of hydrogen-bond donors (Lipinski definition) is 0. The Morgan fingerprint density at radius 1 is 1.29 bits per heavy atom. The average Bonchev–Trinajstić information content (AvgIpc) is 2.69. The van der Waals surface area contributed by atoms with Gasteiger partial charge in [-0.1, -0.05) is 17.7 Å². The Morgan fingerprint density at radius 3 is 2.65 bits per heavy atom. The van der Waals surface area contributed by atoms with Crippen LogP contribution < -0.4 is 5.01 Å². The van der Waals surface area contributed by atoms with Crippen molar-refractivity contribution in [2.45, 2.75) is 19.8 Å². The standard InChI is InChI=1S/C13H16N2O2/c1-11-3-5-12(6-4-11)15-13(17)7-9-14(15)8-2-10-16/h3-6,10H,2,7-9H2,1H3. The first-order valence-corrected chi connectivity index (χ1v) is 5.80. The molecule has 1 aliphatic rings. The molecule has 1 aromatic rings. The van der Waals surface area contributed by atoms with E-state index < -0.39 is 0 Å². The maximum absolute atomic E-state index is 11.8. The molecule has 0 bridgehead atoms. The van der Waals surface area contributed by atoms with E-state index in [1.165, 1.54) is 5.56 Å². The van der Waals surface area contributed by atoms with E-state index in [-0.39, 0.29) is 5.91 Å². The highest BCUT2D eigenvalue weighted by molar-refractivity contribution is 5.94. The lowest BCUT2D eigenvalue weighted by Gasteiger charge is -2.27. The van der Waals surface area contributed by atoms with Crippen molar-refractivity contribution in [2.75, 3.05) is 18.1 Å². The molecular formula is C13H16N2O2. The summed E-state index contributed by atoms with van der Waals surface area (Å²) in [7, 11) is 0. The summed E-state index contributed by atoms with van der Waals surface area (Å²) in [6, 6.07) is 7.84. The van der Waals surface area contributed by atoms with Gasteiger partial charge in [0.2, 0.25) is 5.91 Å². The quantitative estimate of drug-likeness (QED) is 0.739. The third-order valence-corrected chi connectivity index (χ3v) is 2.89. The lowest BCUT2D eigenvalue weighted by atomic mass is 10.2. The van der Waals surface area contributed by atoms with Crippen LogP contribution in [0.4, 0.5) is 5.69 Å². The SMILES string of the molecule is Cc1ccc(N2C(=O)CCN2CCC=O)cc1. The van der Waals surface area contributed by atoms with E-state index in [1.807, 2.05) is 36.2 Å². The Balaban J connectivity index is 2.18. The van der Waals surface area contributed by atoms with Crippen molar-refractivity contribution in [1.82, 2.24) is 5.01 Å². The van der Waals surface area contributed by atoms with Crippen molar-refractivity contribution in [2.24, 2.45) is 0 Å². The van der Waals surface area contributed by atoms with Crippen LogP contribution >= 0.6 is 0 Å². The van der Waals surface area contributed by atoms with E-state index >= 15 is 0 Å². The van der Waals surface area contributed by atoms with Crippen LogP contribution in [0.5, 0.6) is 0 Å². The lowest BCUT2D eigenvalue weighted by molar-refractivity contribution is -0.118. The highest BCUT2D eigenvalue weighted by Crippen LogP contribution is 2.23. The first-order valence-electron chi connectivity index (χ1n) is 5.80. The summed E-state index contributed by atoms with van der Waals surface area (Å²) in [6.45, 7) is 3.31. The smallest absolute Gasteiger partial charge is 0.242 e. The molecule has 0 radical (unpaired) electrons. The van der Waals surface area contributed by atoms with Crippen molar-refractivity contribution in [3.63, 3.8) is 0 Å². The van der Waals surface area contributed by atoms with Gasteiger partial charge in [0.15, 0.2) is 0 Å². The zero-order valence-electron chi connectivity index (χ0n) is 9.93. The van der Waals surface area contributed by atoms with Crippen LogP contribution in [-0.2, 0) is 9.59 Å². The van der Waals surface area contributed by atoms with E-state index in [1.54, 1.807) is 5.01 Å². The first-order chi connectivity index (χ1) is 8.22. The van der Waals surface area contributed by atoms with Crippen LogP contribution in [-0.4, -0.2) is 30.3 Å². The fraction of sp³-hybridized carbons (Fsp3) is 0.385. The molecule has 4 nitrogen and oxygen atoms in total. The van der Waals surface area contributed by atoms with Gasteiger partial charge >= 0.3 is 0 Å². The number of anilines is 1. The molecule has 4 heteroatoms. The number of carbonyl (C=O) groups excluding carboxylic acids is 2. The van der Waals surface area contributed by atoms with E-state index in [9.17, 15) is 9.59 Å². The van der Waals surface area contributed by atoms with Gasteiger partial charge in [-0.25, -0.2) is 10.0 Å². The number of amides is 1. The number of hydrogen-bond acceptors (Lipinski definition) is 3. The Bertz CT molecular complexity index is 414. The molecule has 1 aromatic carbocycles. The minimum atomic E-state index is 0.0970. The van der Waals surface area contributed by atoms with Crippen molar-refractivity contribution in [3.05, 3.63) is 29.8 Å². The number of nitrogens with zero attached hydrogens (tertiary/aromatic N) is 2. The summed E-state index contributed by atoms with van der Waals surface area (Å²) in [5.74, 6) is 0.0970. The average molecular weight is 232 g/mol. The van der Waals surface area contributed by atoms with E-state index in [4.69, 9.17) is 0 Å². The van der Waals surface area contributed by atoms with Crippen molar-refractivity contribution in [1.29, 1.82) is 0 Å². The molecule has 1 heterocycles. The van der Waals surface area contributed by atoms with Gasteiger partial charge in [0, 0.05) is 25.9 Å². The predicted molar refractivity (Wildman–Crippen MR) is 65.5 cm³/mol. The molecule has 1 fully saturated rings. The Kier molecular flexibility index (Phi) is 3.54. The summed E-state index contributed by atoms with van der Waals surface area (Å²) >= 11 is 0. The molecule has 90 valence electrons. The number of aldehydes is 1. The second kappa shape index (κ2) is 5.10. The second-order valence-electron chi connectivity index (χ2n) is 4.20. The zero-order chi connectivity index (χ0) is 12.3. The van der Waals surface area contributed by atoms with Crippen LogP contribution in [0.15, 0.2) is 24.3 Å². The van der Waals surface area contributed by atoms with Gasteiger partial charge in [0.25, 0.3) is 0 Å². The highest BCUT2D eigenvalue weighted by atomic mass is 16.2. The van der Waals surface area contributed by atoms with E-state index in [2.05, 4.69) is 0 Å². The summed E-state index contributed by atoms with van der Waals surface area (Å²) in [6.07, 6.45) is 1.86. The number of aryl methyl sites for hydroxylation is 1. The number of rotatable bonds is 4. The van der Waals surface area contributed by atoms with E-state index in [0.29, 0.717) is 25.9 Å². The number of hydrazine groups is 1. The zero-order valence-corrected chi connectivity index (χ0v) is 9.93. The minimum Gasteiger partial charge on any atom is -0.303 e. The second-order valence-corrected chi connectivity index (χ2v) is 4.20. The highest BCUT2D eigenvalue weighted by Gasteiger charge is 2.29. The van der Waals surface area contributed by atoms with E-state index in [0.717, 1.165) is 12.0 Å². The van der Waals surface area contributed by atoms with Gasteiger partial charge < -0.3 is 4.79 Å². The molecule has 0 spiro atoms. The molecule has 0 aliphatic carbocycles. The van der Waals surface area contributed by atoms with Gasteiger partial charge in [-0.2, -0.15) is 0 Å². The summed E-state index contributed by atoms with van der Waals surface area (Å²) in [5, 5.41) is 3.62. The van der Waals surface area contributed by atoms with Gasteiger partial charge in [0.05, 0.1) is 5.69 Å². The van der Waals surface area contributed by atoms with Crippen molar-refractivity contribution in [3.8, 4) is 0 Å². The topological polar surface area (TPSA) is 40.6 Å². The molecule has 1 amide bonds. The van der Waals surface area contributed by atoms with Crippen LogP contribution in [0.1, 0.15) is 18.4 Å². The fourth-order valence-corrected chi connectivity index (χ4v) is 2.00. The summed E-state index contributed by atoms with van der Waals surface area (Å²) in [5.41, 5.74) is 2.05. The molecule has 1 aliphatic heterocycles. The molecular weight excluding hydrogens is 216 g/mol. The Labute approximate surface area is 101 Å². The monoisotopic (exact) mass is 232 g/mol. The molecule has 17 heavy (non-hydrogen) atoms. The van der Waals surface area contributed by atoms with Gasteiger partial charge in [0.1, 0.15) is 6.29 Å². The third-order valence-electron chi connectivity index (χ3n) is 2.89. The first kappa shape index (κ1) is 11.8. The van der Waals surface area contributed by atoms with Gasteiger partial charge in [-0.3, -0.25) is 4.79 Å². The third kappa shape index (κ3) is 2.53. The predicted octanol–water partition coefficient (Wildman–Crippen LogP) is 1.54. The normalized spacial score (nSPS) is 16.5. The fourth-order valence-electron chi connectivity index (χ4n) is 2.00. The Morgan fingerprint density at radius 2 is 2.00 bits per heavy atom. The van der Waals surface area contributed by atoms with Crippen molar-refractivity contribution >= 4 is 17.9 Å².